The van der Waals surface area contributed by atoms with Crippen molar-refractivity contribution in [1.82, 2.24) is 0 Å². The lowest BCUT2D eigenvalue weighted by Crippen LogP contribution is -2.18. The summed E-state index contributed by atoms with van der Waals surface area (Å²) in [5.41, 5.74) is 0. The molecule has 0 aromatic carbocycles. The zero-order valence-electron chi connectivity index (χ0n) is 9.39. The summed E-state index contributed by atoms with van der Waals surface area (Å²) in [6.07, 6.45) is 15.1. The molecule has 0 N–H and O–H groups in total. The summed E-state index contributed by atoms with van der Waals surface area (Å²) >= 11 is 0. The van der Waals surface area contributed by atoms with E-state index >= 15 is 0 Å². The molecule has 1 heteroatoms. The molecular weight excluding hydrogens is 184 g/mol. The quantitative estimate of drug-likeness (QED) is 0.681. The minimum absolute atomic E-state index is 0.416. The number of ether oxygens (including phenoxy) is 1. The summed E-state index contributed by atoms with van der Waals surface area (Å²) in [5, 5.41) is 0. The Morgan fingerprint density at radius 3 is 2.67 bits per heavy atom. The van der Waals surface area contributed by atoms with E-state index in [9.17, 15) is 0 Å². The van der Waals surface area contributed by atoms with E-state index in [4.69, 9.17) is 4.74 Å². The number of hydrogen-bond acceptors (Lipinski definition) is 1. The van der Waals surface area contributed by atoms with Gasteiger partial charge in [0.25, 0.3) is 0 Å². The summed E-state index contributed by atoms with van der Waals surface area (Å²) in [5.74, 6) is 2.59. The SMILES string of the molecule is CC(C)COC1=CC=CC2C=CC=CC12. The molecule has 2 aliphatic rings. The lowest BCUT2D eigenvalue weighted by atomic mass is 9.84. The molecule has 80 valence electrons. The third kappa shape index (κ3) is 2.41. The van der Waals surface area contributed by atoms with E-state index in [-0.39, 0.29) is 0 Å². The highest BCUT2D eigenvalue weighted by molar-refractivity contribution is 5.31. The molecule has 0 aliphatic heterocycles. The van der Waals surface area contributed by atoms with Crippen LogP contribution in [0.1, 0.15) is 13.8 Å². The van der Waals surface area contributed by atoms with Crippen LogP contribution < -0.4 is 0 Å². The van der Waals surface area contributed by atoms with Crippen molar-refractivity contribution in [2.24, 2.45) is 17.8 Å². The van der Waals surface area contributed by atoms with E-state index in [0.717, 1.165) is 12.4 Å². The molecule has 0 aromatic heterocycles. The Morgan fingerprint density at radius 2 is 1.87 bits per heavy atom. The summed E-state index contributed by atoms with van der Waals surface area (Å²) in [7, 11) is 0. The van der Waals surface area contributed by atoms with E-state index in [1.54, 1.807) is 0 Å². The summed E-state index contributed by atoms with van der Waals surface area (Å²) in [6, 6.07) is 0. The first-order valence-corrected chi connectivity index (χ1v) is 5.63. The molecular formula is C14H18O. The van der Waals surface area contributed by atoms with Crippen LogP contribution in [0.5, 0.6) is 0 Å². The van der Waals surface area contributed by atoms with E-state index in [1.807, 2.05) is 0 Å². The molecule has 0 heterocycles. The number of rotatable bonds is 3. The van der Waals surface area contributed by atoms with Gasteiger partial charge in [-0.05, 0) is 12.0 Å². The van der Waals surface area contributed by atoms with Crippen molar-refractivity contribution in [3.05, 3.63) is 48.3 Å². The van der Waals surface area contributed by atoms with Crippen LogP contribution in [0.4, 0.5) is 0 Å². The van der Waals surface area contributed by atoms with Crippen LogP contribution in [0.2, 0.25) is 0 Å². The second-order valence-corrected chi connectivity index (χ2v) is 4.53. The molecule has 0 saturated carbocycles. The zero-order chi connectivity index (χ0) is 10.7. The van der Waals surface area contributed by atoms with Gasteiger partial charge in [0.15, 0.2) is 0 Å². The Balaban J connectivity index is 2.04. The minimum atomic E-state index is 0.416. The normalized spacial score (nSPS) is 27.8. The average Bonchev–Trinajstić information content (AvgIpc) is 2.26. The van der Waals surface area contributed by atoms with Gasteiger partial charge < -0.3 is 4.74 Å². The summed E-state index contributed by atoms with van der Waals surface area (Å²) in [6.45, 7) is 5.15. The lowest BCUT2D eigenvalue weighted by molar-refractivity contribution is 0.152. The van der Waals surface area contributed by atoms with Gasteiger partial charge in [0.05, 0.1) is 6.61 Å². The minimum Gasteiger partial charge on any atom is -0.497 e. The molecule has 0 bridgehead atoms. The molecule has 1 nitrogen and oxygen atoms in total. The molecule has 2 rings (SSSR count). The number of allylic oxidation sites excluding steroid dienone is 7. The maximum Gasteiger partial charge on any atom is 0.104 e. The maximum absolute atomic E-state index is 5.84. The first-order valence-electron chi connectivity index (χ1n) is 5.63. The molecule has 15 heavy (non-hydrogen) atoms. The fraction of sp³-hybridized carbons (Fsp3) is 0.429. The Hall–Kier alpha value is -1.24. The molecule has 0 amide bonds. The van der Waals surface area contributed by atoms with Crippen LogP contribution in [0, 0.1) is 17.8 Å². The first-order chi connectivity index (χ1) is 7.27. The molecule has 0 saturated heterocycles. The third-order valence-corrected chi connectivity index (χ3v) is 2.68. The van der Waals surface area contributed by atoms with Crippen LogP contribution in [0.15, 0.2) is 48.3 Å². The van der Waals surface area contributed by atoms with Crippen LogP contribution in [0.25, 0.3) is 0 Å². The van der Waals surface area contributed by atoms with Gasteiger partial charge in [0.1, 0.15) is 5.76 Å². The van der Waals surface area contributed by atoms with E-state index in [2.05, 4.69) is 56.4 Å². The van der Waals surface area contributed by atoms with Gasteiger partial charge in [-0.15, -0.1) is 0 Å². The van der Waals surface area contributed by atoms with Crippen molar-refractivity contribution >= 4 is 0 Å². The van der Waals surface area contributed by atoms with Crippen molar-refractivity contribution in [3.8, 4) is 0 Å². The third-order valence-electron chi connectivity index (χ3n) is 2.68. The Labute approximate surface area is 91.8 Å². The maximum atomic E-state index is 5.84. The number of hydrogen-bond donors (Lipinski definition) is 0. The standard InChI is InChI=1S/C14H18O/c1-11(2)10-15-14-9-5-7-12-6-3-4-8-13(12)14/h3-9,11-13H,10H2,1-2H3. The van der Waals surface area contributed by atoms with Crippen molar-refractivity contribution < 1.29 is 4.74 Å². The first kappa shape index (κ1) is 10.3. The van der Waals surface area contributed by atoms with Gasteiger partial charge in [0, 0.05) is 11.8 Å². The molecule has 0 spiro atoms. The molecule has 2 aliphatic carbocycles. The monoisotopic (exact) mass is 202 g/mol. The molecule has 0 fully saturated rings. The largest absolute Gasteiger partial charge is 0.497 e. The highest BCUT2D eigenvalue weighted by atomic mass is 16.5. The van der Waals surface area contributed by atoms with Crippen molar-refractivity contribution in [3.63, 3.8) is 0 Å². The molecule has 0 aromatic rings. The van der Waals surface area contributed by atoms with Gasteiger partial charge in [-0.3, -0.25) is 0 Å². The topological polar surface area (TPSA) is 9.23 Å². The van der Waals surface area contributed by atoms with Crippen molar-refractivity contribution in [2.75, 3.05) is 6.61 Å². The second kappa shape index (κ2) is 4.52. The van der Waals surface area contributed by atoms with E-state index < -0.39 is 0 Å². The smallest absolute Gasteiger partial charge is 0.104 e. The van der Waals surface area contributed by atoms with Gasteiger partial charge in [0.2, 0.25) is 0 Å². The molecule has 2 unspecified atom stereocenters. The van der Waals surface area contributed by atoms with Crippen LogP contribution in [0.3, 0.4) is 0 Å². The number of fused-ring (bicyclic) bond motifs is 1. The highest BCUT2D eigenvalue weighted by Crippen LogP contribution is 2.31. The summed E-state index contributed by atoms with van der Waals surface area (Å²) < 4.78 is 5.84. The second-order valence-electron chi connectivity index (χ2n) is 4.53. The zero-order valence-corrected chi connectivity index (χ0v) is 9.39. The molecule has 2 atom stereocenters. The van der Waals surface area contributed by atoms with Gasteiger partial charge in [-0.1, -0.05) is 50.3 Å². The van der Waals surface area contributed by atoms with Gasteiger partial charge in [-0.25, -0.2) is 0 Å². The van der Waals surface area contributed by atoms with Crippen LogP contribution >= 0.6 is 0 Å². The Morgan fingerprint density at radius 1 is 1.13 bits per heavy atom. The van der Waals surface area contributed by atoms with Gasteiger partial charge in [-0.2, -0.15) is 0 Å². The Bertz CT molecular complexity index is 331. The van der Waals surface area contributed by atoms with E-state index in [0.29, 0.717) is 17.8 Å². The Kier molecular flexibility index (Phi) is 3.10. The summed E-state index contributed by atoms with van der Waals surface area (Å²) in [4.78, 5) is 0. The highest BCUT2D eigenvalue weighted by Gasteiger charge is 2.23. The van der Waals surface area contributed by atoms with Gasteiger partial charge >= 0.3 is 0 Å². The molecule has 0 radical (unpaired) electrons. The fourth-order valence-corrected chi connectivity index (χ4v) is 1.89. The average molecular weight is 202 g/mol. The fourth-order valence-electron chi connectivity index (χ4n) is 1.89. The van der Waals surface area contributed by atoms with Crippen LogP contribution in [-0.4, -0.2) is 6.61 Å². The van der Waals surface area contributed by atoms with Crippen molar-refractivity contribution in [2.45, 2.75) is 13.8 Å². The lowest BCUT2D eigenvalue weighted by Gasteiger charge is -2.27. The van der Waals surface area contributed by atoms with Crippen molar-refractivity contribution in [1.29, 1.82) is 0 Å². The van der Waals surface area contributed by atoms with E-state index in [1.165, 1.54) is 0 Å². The van der Waals surface area contributed by atoms with Crippen LogP contribution in [-0.2, 0) is 4.74 Å². The predicted molar refractivity (Wildman–Crippen MR) is 63.3 cm³/mol. The predicted octanol–water partition coefficient (Wildman–Crippen LogP) is 3.47.